The van der Waals surface area contributed by atoms with Crippen LogP contribution in [-0.4, -0.2) is 66.8 Å². The van der Waals surface area contributed by atoms with Crippen LogP contribution in [-0.2, 0) is 9.53 Å². The highest BCUT2D eigenvalue weighted by Gasteiger charge is 2.55. The average molecular weight is 389 g/mol. The molecule has 2 aliphatic rings. The summed E-state index contributed by atoms with van der Waals surface area (Å²) >= 11 is 0.897. The monoisotopic (exact) mass is 389 g/mol. The van der Waals surface area contributed by atoms with Gasteiger partial charge in [0.15, 0.2) is 16.9 Å². The topological polar surface area (TPSA) is 202 Å². The number of nitrogens with one attached hydrogen (secondary N) is 1. The van der Waals surface area contributed by atoms with Crippen LogP contribution in [0, 0.1) is 10.1 Å². The van der Waals surface area contributed by atoms with Crippen LogP contribution in [0.1, 0.15) is 5.76 Å². The number of aliphatic hydroxyl groups is 3. The summed E-state index contributed by atoms with van der Waals surface area (Å²) in [6.45, 7) is 0. The van der Waals surface area contributed by atoms with Gasteiger partial charge in [0, 0.05) is 5.41 Å². The van der Waals surface area contributed by atoms with Crippen LogP contribution in [0.15, 0.2) is 22.0 Å². The average Bonchev–Trinajstić information content (AvgIpc) is 3.20. The van der Waals surface area contributed by atoms with Crippen LogP contribution in [0.4, 0.5) is 5.88 Å². The van der Waals surface area contributed by atoms with E-state index in [1.165, 1.54) is 11.5 Å². The maximum atomic E-state index is 11.2. The predicted octanol–water partition coefficient (Wildman–Crippen LogP) is -1.63. The number of hydrogen-bond donors (Lipinski definition) is 6. The second kappa shape index (κ2) is 6.53. The summed E-state index contributed by atoms with van der Waals surface area (Å²) in [7, 11) is 0. The molecule has 0 spiro atoms. The molecule has 3 rings (SSSR count). The molecule has 0 amide bonds. The van der Waals surface area contributed by atoms with Gasteiger partial charge in [-0.25, -0.2) is 4.79 Å². The first-order chi connectivity index (χ1) is 12.1. The van der Waals surface area contributed by atoms with E-state index in [1.54, 1.807) is 0 Å². The van der Waals surface area contributed by atoms with E-state index in [2.05, 4.69) is 5.32 Å². The molecule has 1 aromatic heterocycles. The number of rotatable bonds is 4. The highest BCUT2D eigenvalue weighted by Crippen LogP contribution is 2.40. The minimum absolute atomic E-state index is 0.0946. The molecule has 1 saturated heterocycles. The predicted molar refractivity (Wildman–Crippen MR) is 85.3 cm³/mol. The van der Waals surface area contributed by atoms with Gasteiger partial charge in [0.2, 0.25) is 0 Å². The van der Waals surface area contributed by atoms with Crippen molar-refractivity contribution in [3.63, 3.8) is 0 Å². The molecule has 0 aliphatic carbocycles. The zero-order valence-corrected chi connectivity index (χ0v) is 13.7. The number of ether oxygens (including phenoxy) is 1. The molecular weight excluding hydrogens is 374 g/mol. The first-order valence-electron chi connectivity index (χ1n) is 7.26. The van der Waals surface area contributed by atoms with Gasteiger partial charge in [0.1, 0.15) is 29.3 Å². The van der Waals surface area contributed by atoms with Crippen molar-refractivity contribution in [2.45, 2.75) is 35.5 Å². The first-order valence-corrected chi connectivity index (χ1v) is 8.14. The van der Waals surface area contributed by atoms with E-state index in [9.17, 15) is 30.2 Å². The summed E-state index contributed by atoms with van der Waals surface area (Å²) in [5.41, 5.74) is 6.39. The van der Waals surface area contributed by atoms with E-state index in [-0.39, 0.29) is 11.5 Å². The van der Waals surface area contributed by atoms with E-state index >= 15 is 0 Å². The van der Waals surface area contributed by atoms with E-state index in [4.69, 9.17) is 20.0 Å². The van der Waals surface area contributed by atoms with E-state index in [1.807, 2.05) is 0 Å². The number of thioether (sulfide) groups is 1. The van der Waals surface area contributed by atoms with Crippen LogP contribution >= 0.6 is 11.8 Å². The van der Waals surface area contributed by atoms with Crippen LogP contribution < -0.4 is 11.1 Å². The molecule has 7 N–H and O–H groups in total. The molecule has 0 unspecified atom stereocenters. The third-order valence-corrected chi connectivity index (χ3v) is 5.10. The second-order valence-electron chi connectivity index (χ2n) is 5.75. The molecule has 1 aromatic rings. The van der Waals surface area contributed by atoms with Crippen molar-refractivity contribution >= 4 is 29.3 Å². The smallest absolute Gasteiger partial charge is 0.433 e. The Hall–Kier alpha value is -2.16. The van der Waals surface area contributed by atoms with Crippen molar-refractivity contribution in [2.24, 2.45) is 5.73 Å². The van der Waals surface area contributed by atoms with Gasteiger partial charge < -0.3 is 34.9 Å². The molecule has 12 nitrogen and oxygen atoms in total. The quantitative estimate of drug-likeness (QED) is 0.254. The standard InChI is InChI=1S/C13H15N3O9S/c14-13(11-9(19)7(17)8(18)10(25-11)12(20)21)15-4(3-26-13)5-1-2-6(24-5)16(22)23/h1-3,7-11,15,17-19H,14H2,(H,20,21)/t7-,8-,9+,10-,11+,13-/m0/s1. The Kier molecular flexibility index (Phi) is 4.68. The summed E-state index contributed by atoms with van der Waals surface area (Å²) in [6.07, 6.45) is -8.55. The fourth-order valence-electron chi connectivity index (χ4n) is 2.69. The Morgan fingerprint density at radius 2 is 2.00 bits per heavy atom. The van der Waals surface area contributed by atoms with Crippen molar-refractivity contribution in [1.82, 2.24) is 5.32 Å². The summed E-state index contributed by atoms with van der Waals surface area (Å²) in [4.78, 5) is 19.6. The number of nitro groups is 1. The number of aliphatic carboxylic acids is 1. The Morgan fingerprint density at radius 1 is 1.31 bits per heavy atom. The van der Waals surface area contributed by atoms with Gasteiger partial charge in [0.05, 0.1) is 11.8 Å². The molecule has 1 fully saturated rings. The summed E-state index contributed by atoms with van der Waals surface area (Å²) in [6, 6.07) is 2.48. The molecule has 6 atom stereocenters. The van der Waals surface area contributed by atoms with Crippen LogP contribution in [0.25, 0.3) is 5.70 Å². The molecule has 0 bridgehead atoms. The Bertz CT molecular complexity index is 768. The Labute approximate surface area is 149 Å². The second-order valence-corrected chi connectivity index (χ2v) is 6.90. The summed E-state index contributed by atoms with van der Waals surface area (Å²) < 4.78 is 10.3. The van der Waals surface area contributed by atoms with Crippen LogP contribution in [0.2, 0.25) is 0 Å². The molecule has 142 valence electrons. The van der Waals surface area contributed by atoms with Crippen molar-refractivity contribution in [3.05, 3.63) is 33.4 Å². The van der Waals surface area contributed by atoms with Crippen molar-refractivity contribution in [3.8, 4) is 0 Å². The highest BCUT2D eigenvalue weighted by atomic mass is 32.2. The van der Waals surface area contributed by atoms with Crippen LogP contribution in [0.3, 0.4) is 0 Å². The van der Waals surface area contributed by atoms with Crippen molar-refractivity contribution < 1.29 is 39.3 Å². The zero-order chi connectivity index (χ0) is 19.2. The molecule has 0 aromatic carbocycles. The Morgan fingerprint density at radius 3 is 2.58 bits per heavy atom. The lowest BCUT2D eigenvalue weighted by atomic mass is 9.93. The largest absolute Gasteiger partial charge is 0.479 e. The third-order valence-electron chi connectivity index (χ3n) is 4.02. The minimum Gasteiger partial charge on any atom is -0.479 e. The number of nitrogens with zero attached hydrogens (tertiary/aromatic N) is 1. The van der Waals surface area contributed by atoms with Gasteiger partial charge in [-0.05, 0) is 6.07 Å². The first kappa shape index (κ1) is 18.6. The molecular formula is C13H15N3O9S. The molecule has 2 aliphatic heterocycles. The summed E-state index contributed by atoms with van der Waals surface area (Å²) in [5, 5.41) is 53.8. The van der Waals surface area contributed by atoms with E-state index in [0.29, 0.717) is 0 Å². The van der Waals surface area contributed by atoms with Crippen molar-refractivity contribution in [1.29, 1.82) is 0 Å². The van der Waals surface area contributed by atoms with Gasteiger partial charge in [-0.2, -0.15) is 0 Å². The molecule has 13 heteroatoms. The maximum absolute atomic E-state index is 11.2. The molecule has 26 heavy (non-hydrogen) atoms. The zero-order valence-electron chi connectivity index (χ0n) is 12.9. The number of carboxylic acids is 1. The number of carboxylic acid groups (broad SMARTS) is 1. The van der Waals surface area contributed by atoms with Gasteiger partial charge in [-0.1, -0.05) is 11.8 Å². The van der Waals surface area contributed by atoms with Gasteiger partial charge in [0.25, 0.3) is 0 Å². The Balaban J connectivity index is 1.80. The summed E-state index contributed by atoms with van der Waals surface area (Å²) in [5.74, 6) is -1.92. The van der Waals surface area contributed by atoms with Crippen LogP contribution in [0.5, 0.6) is 0 Å². The third kappa shape index (κ3) is 3.04. The number of nitrogens with two attached hydrogens (primary N) is 1. The molecule has 0 saturated carbocycles. The molecule has 3 heterocycles. The lowest BCUT2D eigenvalue weighted by Crippen LogP contribution is -2.70. The maximum Gasteiger partial charge on any atom is 0.433 e. The van der Waals surface area contributed by atoms with E-state index in [0.717, 1.165) is 17.8 Å². The lowest BCUT2D eigenvalue weighted by Gasteiger charge is -2.45. The van der Waals surface area contributed by atoms with E-state index < -0.39 is 52.3 Å². The lowest BCUT2D eigenvalue weighted by molar-refractivity contribution is -0.402. The fourth-order valence-corrected chi connectivity index (χ4v) is 3.68. The van der Waals surface area contributed by atoms with Gasteiger partial charge in [-0.15, -0.1) is 0 Å². The minimum atomic E-state index is -1.84. The van der Waals surface area contributed by atoms with Crippen molar-refractivity contribution in [2.75, 3.05) is 0 Å². The normalized spacial score (nSPS) is 37.1. The van der Waals surface area contributed by atoms with Gasteiger partial charge >= 0.3 is 11.9 Å². The SMILES string of the molecule is N[C@@]1([C@@H]2O[C@H](C(=O)O)[C@@H](O)[C@H](O)[C@H]2O)NC(c2ccc([N+](=O)[O-])o2)=CS1. The number of furan rings is 1. The number of hydrogen-bond acceptors (Lipinski definition) is 11. The highest BCUT2D eigenvalue weighted by molar-refractivity contribution is 8.03. The fraction of sp³-hybridized carbons (Fsp3) is 0.462. The molecule has 0 radical (unpaired) electrons. The number of carbonyl (C=O) groups is 1. The number of aliphatic hydroxyl groups excluding tert-OH is 3. The van der Waals surface area contributed by atoms with Gasteiger partial charge in [-0.3, -0.25) is 15.8 Å².